The van der Waals surface area contributed by atoms with Crippen LogP contribution in [-0.2, 0) is 6.18 Å². The lowest BCUT2D eigenvalue weighted by Crippen LogP contribution is -2.36. The van der Waals surface area contributed by atoms with Gasteiger partial charge in [0, 0.05) is 16.6 Å². The molecule has 1 N–H and O–H groups in total. The normalized spacial score (nSPS) is 11.1. The van der Waals surface area contributed by atoms with E-state index in [0.29, 0.717) is 4.57 Å². The number of alkyl halides is 3. The average molecular weight is 390 g/mol. The van der Waals surface area contributed by atoms with Gasteiger partial charge in [0.25, 0.3) is 5.56 Å². The minimum atomic E-state index is -4.85. The van der Waals surface area contributed by atoms with E-state index in [1.807, 2.05) is 6.07 Å². The fourth-order valence-corrected chi connectivity index (χ4v) is 2.26. The van der Waals surface area contributed by atoms with Gasteiger partial charge in [-0.3, -0.25) is 4.79 Å². The topological polar surface area (TPSA) is 87.9 Å². The number of benzene rings is 1. The van der Waals surface area contributed by atoms with Gasteiger partial charge in [0.15, 0.2) is 0 Å². The first kappa shape index (κ1) is 16.8. The number of nitriles is 1. The van der Waals surface area contributed by atoms with Crippen molar-refractivity contribution in [3.63, 3.8) is 0 Å². The van der Waals surface area contributed by atoms with Crippen LogP contribution in [-0.4, -0.2) is 16.7 Å². The first-order valence-corrected chi connectivity index (χ1v) is 6.70. The van der Waals surface area contributed by atoms with Crippen molar-refractivity contribution in [2.45, 2.75) is 6.18 Å². The maximum Gasteiger partial charge on any atom is 0.431 e. The molecule has 0 amide bonds. The number of H-pyrrole nitrogens is 1. The molecule has 0 fully saturated rings. The monoisotopic (exact) mass is 389 g/mol. The third-order valence-electron chi connectivity index (χ3n) is 2.87. The van der Waals surface area contributed by atoms with Crippen LogP contribution in [0.1, 0.15) is 11.3 Å². The molecule has 0 atom stereocenters. The summed E-state index contributed by atoms with van der Waals surface area (Å²) >= 11 is 3.08. The van der Waals surface area contributed by atoms with Crippen LogP contribution in [0.4, 0.5) is 13.2 Å². The Bertz CT molecular complexity index is 894. The second-order valence-corrected chi connectivity index (χ2v) is 5.13. The predicted octanol–water partition coefficient (Wildman–Crippen LogP) is 2.19. The number of ether oxygens (including phenoxy) is 1. The van der Waals surface area contributed by atoms with Crippen molar-refractivity contribution < 1.29 is 17.9 Å². The molecule has 0 aliphatic rings. The Morgan fingerprint density at radius 3 is 2.43 bits per heavy atom. The number of rotatable bonds is 2. The van der Waals surface area contributed by atoms with E-state index in [1.165, 1.54) is 19.2 Å². The molecule has 0 bridgehead atoms. The SMILES string of the molecule is COc1cc(C#N)c(Br)cc1-n1c(=O)cc(C(F)(F)F)[nH]c1=O. The van der Waals surface area contributed by atoms with Crippen molar-refractivity contribution >= 4 is 15.9 Å². The van der Waals surface area contributed by atoms with Crippen molar-refractivity contribution in [1.29, 1.82) is 5.26 Å². The van der Waals surface area contributed by atoms with Crippen molar-refractivity contribution in [1.82, 2.24) is 9.55 Å². The second-order valence-electron chi connectivity index (χ2n) is 4.28. The molecule has 0 radical (unpaired) electrons. The van der Waals surface area contributed by atoms with Crippen molar-refractivity contribution in [3.05, 3.63) is 54.8 Å². The lowest BCUT2D eigenvalue weighted by atomic mass is 10.2. The standard InChI is InChI=1S/C13H7BrF3N3O3/c1-23-9-2-6(5-18)7(14)3-8(9)20-11(21)4-10(13(15,16)17)19-12(20)22/h2-4H,1H3,(H,19,22). The molecule has 1 heterocycles. The van der Waals surface area contributed by atoms with Gasteiger partial charge in [-0.2, -0.15) is 18.4 Å². The van der Waals surface area contributed by atoms with Gasteiger partial charge in [0.2, 0.25) is 0 Å². The van der Waals surface area contributed by atoms with E-state index in [-0.39, 0.29) is 27.5 Å². The lowest BCUT2D eigenvalue weighted by molar-refractivity contribution is -0.141. The largest absolute Gasteiger partial charge is 0.495 e. The highest BCUT2D eigenvalue weighted by Gasteiger charge is 2.33. The summed E-state index contributed by atoms with van der Waals surface area (Å²) in [5.74, 6) is -0.0166. The van der Waals surface area contributed by atoms with Gasteiger partial charge in [0.1, 0.15) is 17.5 Å². The molecule has 6 nitrogen and oxygen atoms in total. The number of aromatic nitrogens is 2. The second kappa shape index (κ2) is 5.92. The first-order valence-electron chi connectivity index (χ1n) is 5.90. The molecule has 120 valence electrons. The summed E-state index contributed by atoms with van der Waals surface area (Å²) in [6, 6.07) is 4.62. The number of aromatic amines is 1. The predicted molar refractivity (Wildman–Crippen MR) is 76.6 cm³/mol. The van der Waals surface area contributed by atoms with E-state index in [4.69, 9.17) is 10.00 Å². The van der Waals surface area contributed by atoms with Crippen LogP contribution in [0.2, 0.25) is 0 Å². The van der Waals surface area contributed by atoms with E-state index < -0.39 is 23.1 Å². The summed E-state index contributed by atoms with van der Waals surface area (Å²) in [5.41, 5.74) is -3.84. The molecule has 0 saturated heterocycles. The molecule has 0 spiro atoms. The van der Waals surface area contributed by atoms with Crippen molar-refractivity contribution in [2.75, 3.05) is 7.11 Å². The first-order chi connectivity index (χ1) is 10.7. The molecule has 0 aliphatic carbocycles. The van der Waals surface area contributed by atoms with E-state index in [2.05, 4.69) is 15.9 Å². The number of halogens is 4. The van der Waals surface area contributed by atoms with Crippen LogP contribution in [0, 0.1) is 11.3 Å². The maximum absolute atomic E-state index is 12.6. The Morgan fingerprint density at radius 1 is 1.30 bits per heavy atom. The zero-order valence-corrected chi connectivity index (χ0v) is 12.9. The molecule has 1 aromatic carbocycles. The van der Waals surface area contributed by atoms with Gasteiger partial charge in [-0.25, -0.2) is 9.36 Å². The Hall–Kier alpha value is -2.54. The quantitative estimate of drug-likeness (QED) is 0.852. The summed E-state index contributed by atoms with van der Waals surface area (Å²) in [4.78, 5) is 25.5. The molecule has 0 aliphatic heterocycles. The fourth-order valence-electron chi connectivity index (χ4n) is 1.84. The molecular weight excluding hydrogens is 383 g/mol. The van der Waals surface area contributed by atoms with Crippen LogP contribution in [0.25, 0.3) is 5.69 Å². The Labute approximate surface area is 134 Å². The molecular formula is C13H7BrF3N3O3. The highest BCUT2D eigenvalue weighted by atomic mass is 79.9. The van der Waals surface area contributed by atoms with E-state index >= 15 is 0 Å². The van der Waals surface area contributed by atoms with Gasteiger partial charge >= 0.3 is 11.9 Å². The lowest BCUT2D eigenvalue weighted by Gasteiger charge is -2.13. The summed E-state index contributed by atoms with van der Waals surface area (Å²) in [5, 5.41) is 8.94. The van der Waals surface area contributed by atoms with Crippen LogP contribution in [0.15, 0.2) is 32.3 Å². The van der Waals surface area contributed by atoms with E-state index in [1.54, 1.807) is 4.98 Å². The van der Waals surface area contributed by atoms with Crippen LogP contribution in [0.5, 0.6) is 5.75 Å². The molecule has 2 aromatic rings. The van der Waals surface area contributed by atoms with E-state index in [9.17, 15) is 22.8 Å². The Kier molecular flexibility index (Phi) is 4.33. The smallest absolute Gasteiger partial charge is 0.431 e. The minimum absolute atomic E-state index is 0.0166. The minimum Gasteiger partial charge on any atom is -0.495 e. The Morgan fingerprint density at radius 2 is 1.96 bits per heavy atom. The molecule has 23 heavy (non-hydrogen) atoms. The summed E-state index contributed by atoms with van der Waals surface area (Å²) < 4.78 is 43.5. The van der Waals surface area contributed by atoms with Crippen LogP contribution >= 0.6 is 15.9 Å². The van der Waals surface area contributed by atoms with Gasteiger partial charge in [-0.15, -0.1) is 0 Å². The molecule has 2 rings (SSSR count). The number of hydrogen-bond donors (Lipinski definition) is 1. The highest BCUT2D eigenvalue weighted by Crippen LogP contribution is 2.29. The van der Waals surface area contributed by atoms with Crippen molar-refractivity contribution in [3.8, 4) is 17.5 Å². The zero-order chi connectivity index (χ0) is 17.4. The number of nitrogens with zero attached hydrogens (tertiary/aromatic N) is 2. The third-order valence-corrected chi connectivity index (χ3v) is 3.52. The van der Waals surface area contributed by atoms with Gasteiger partial charge in [0.05, 0.1) is 18.4 Å². The van der Waals surface area contributed by atoms with Gasteiger partial charge in [-0.1, -0.05) is 0 Å². The van der Waals surface area contributed by atoms with Crippen molar-refractivity contribution in [2.24, 2.45) is 0 Å². The third kappa shape index (κ3) is 3.14. The number of methoxy groups -OCH3 is 1. The number of nitrogens with one attached hydrogen (secondary N) is 1. The van der Waals surface area contributed by atoms with Gasteiger partial charge < -0.3 is 9.72 Å². The summed E-state index contributed by atoms with van der Waals surface area (Å²) in [6.45, 7) is 0. The summed E-state index contributed by atoms with van der Waals surface area (Å²) in [6.07, 6.45) is -4.85. The summed E-state index contributed by atoms with van der Waals surface area (Å²) in [7, 11) is 1.23. The fraction of sp³-hybridized carbons (Fsp3) is 0.154. The van der Waals surface area contributed by atoms with Crippen LogP contribution in [0.3, 0.4) is 0 Å². The molecule has 10 heteroatoms. The highest BCUT2D eigenvalue weighted by molar-refractivity contribution is 9.10. The molecule has 1 aromatic heterocycles. The molecule has 0 unspecified atom stereocenters. The van der Waals surface area contributed by atoms with Gasteiger partial charge in [-0.05, 0) is 22.0 Å². The van der Waals surface area contributed by atoms with E-state index in [0.717, 1.165) is 0 Å². The Balaban J connectivity index is 2.79. The number of hydrogen-bond acceptors (Lipinski definition) is 4. The van der Waals surface area contributed by atoms with Crippen LogP contribution < -0.4 is 16.0 Å². The maximum atomic E-state index is 12.6. The zero-order valence-electron chi connectivity index (χ0n) is 11.4. The molecule has 0 saturated carbocycles. The average Bonchev–Trinajstić information content (AvgIpc) is 2.45.